The van der Waals surface area contributed by atoms with Gasteiger partial charge in [0.05, 0.1) is 43.8 Å². The Balaban J connectivity index is 1.76. The molecule has 2 aromatic heterocycles. The number of benzene rings is 3. The summed E-state index contributed by atoms with van der Waals surface area (Å²) in [7, 11) is 4.91. The highest BCUT2D eigenvalue weighted by Crippen LogP contribution is 2.48. The zero-order valence-electron chi connectivity index (χ0n) is 20.8. The van der Waals surface area contributed by atoms with Crippen LogP contribution < -0.4 is 14.2 Å². The maximum atomic E-state index is 5.73. The Hall–Kier alpha value is -4.32. The zero-order valence-corrected chi connectivity index (χ0v) is 20.8. The van der Waals surface area contributed by atoms with E-state index < -0.39 is 0 Å². The lowest BCUT2D eigenvalue weighted by atomic mass is 9.82. The van der Waals surface area contributed by atoms with Crippen molar-refractivity contribution in [3.05, 3.63) is 83.7 Å². The molecule has 0 saturated heterocycles. The average molecular weight is 478 g/mol. The maximum absolute atomic E-state index is 5.73. The van der Waals surface area contributed by atoms with Crippen LogP contribution >= 0.6 is 0 Å². The van der Waals surface area contributed by atoms with Gasteiger partial charge in [-0.1, -0.05) is 42.5 Å². The number of pyridine rings is 1. The van der Waals surface area contributed by atoms with E-state index in [0.29, 0.717) is 17.2 Å². The average Bonchev–Trinajstić information content (AvgIpc) is 3.27. The first-order valence-electron chi connectivity index (χ1n) is 12.0. The second-order valence-electron chi connectivity index (χ2n) is 8.91. The van der Waals surface area contributed by atoms with E-state index in [0.717, 1.165) is 57.6 Å². The molecule has 1 aliphatic rings. The van der Waals surface area contributed by atoms with Gasteiger partial charge >= 0.3 is 0 Å². The smallest absolute Gasteiger partial charge is 0.203 e. The van der Waals surface area contributed by atoms with Crippen LogP contribution in [0.4, 0.5) is 0 Å². The number of hydrogen-bond acceptors (Lipinski definition) is 5. The van der Waals surface area contributed by atoms with Gasteiger partial charge in [0, 0.05) is 11.1 Å². The van der Waals surface area contributed by atoms with Crippen molar-refractivity contribution in [1.29, 1.82) is 0 Å². The third kappa shape index (κ3) is 3.33. The Morgan fingerprint density at radius 3 is 2.17 bits per heavy atom. The predicted octanol–water partition coefficient (Wildman–Crippen LogP) is 6.19. The topological polar surface area (TPSA) is 58.4 Å². The molecule has 6 heteroatoms. The molecule has 0 spiro atoms. The molecule has 2 heterocycles. The van der Waals surface area contributed by atoms with Gasteiger partial charge in [-0.05, 0) is 60.7 Å². The molecular formula is C30H27N3O3. The second kappa shape index (κ2) is 8.72. The highest BCUT2D eigenvalue weighted by atomic mass is 16.5. The quantitative estimate of drug-likeness (QED) is 0.302. The molecule has 1 aliphatic carbocycles. The normalized spacial score (nSPS) is 12.2. The van der Waals surface area contributed by atoms with Crippen molar-refractivity contribution in [2.75, 3.05) is 21.3 Å². The minimum atomic E-state index is 0.569. The second-order valence-corrected chi connectivity index (χ2v) is 8.91. The number of ether oxygens (including phenoxy) is 3. The molecule has 0 bridgehead atoms. The van der Waals surface area contributed by atoms with Gasteiger partial charge in [-0.2, -0.15) is 5.10 Å². The van der Waals surface area contributed by atoms with Crippen LogP contribution in [0, 0.1) is 6.92 Å². The Morgan fingerprint density at radius 2 is 1.47 bits per heavy atom. The summed E-state index contributed by atoms with van der Waals surface area (Å²) in [6.45, 7) is 2.05. The number of rotatable bonds is 5. The third-order valence-corrected chi connectivity index (χ3v) is 6.94. The fourth-order valence-electron chi connectivity index (χ4n) is 5.33. The zero-order chi connectivity index (χ0) is 24.8. The van der Waals surface area contributed by atoms with Crippen molar-refractivity contribution in [2.45, 2.75) is 19.8 Å². The summed E-state index contributed by atoms with van der Waals surface area (Å²) in [6.07, 6.45) is 1.81. The summed E-state index contributed by atoms with van der Waals surface area (Å²) in [6, 6.07) is 22.8. The predicted molar refractivity (Wildman–Crippen MR) is 142 cm³/mol. The van der Waals surface area contributed by atoms with Crippen molar-refractivity contribution in [2.24, 2.45) is 0 Å². The van der Waals surface area contributed by atoms with Gasteiger partial charge in [0.2, 0.25) is 5.75 Å². The molecule has 36 heavy (non-hydrogen) atoms. The molecule has 5 aromatic rings. The lowest BCUT2D eigenvalue weighted by Crippen LogP contribution is -2.09. The standard InChI is InChI=1S/C30H27N3O3/c1-18-26-27(20-16-24(34-2)29(36-4)25(17-20)35-3)28-22-13-9-8-10-19(22)14-15-23(28)31-30(26)33(32-18)21-11-6-5-7-12-21/h5-13,16-17H,14-15H2,1-4H3. The van der Waals surface area contributed by atoms with Crippen LogP contribution in [0.5, 0.6) is 17.2 Å². The lowest BCUT2D eigenvalue weighted by molar-refractivity contribution is 0.324. The molecule has 6 nitrogen and oxygen atoms in total. The highest BCUT2D eigenvalue weighted by molar-refractivity contribution is 6.05. The molecule has 6 rings (SSSR count). The molecule has 0 N–H and O–H groups in total. The molecule has 0 fully saturated rings. The van der Waals surface area contributed by atoms with Gasteiger partial charge < -0.3 is 14.2 Å². The largest absolute Gasteiger partial charge is 0.493 e. The van der Waals surface area contributed by atoms with Crippen LogP contribution in [0.25, 0.3) is 39.0 Å². The minimum Gasteiger partial charge on any atom is -0.493 e. The number of aryl methyl sites for hydroxylation is 3. The van der Waals surface area contributed by atoms with E-state index >= 15 is 0 Å². The molecule has 0 unspecified atom stereocenters. The van der Waals surface area contributed by atoms with E-state index in [1.54, 1.807) is 21.3 Å². The fraction of sp³-hybridized carbons (Fsp3) is 0.200. The van der Waals surface area contributed by atoms with Crippen LogP contribution in [0.1, 0.15) is 17.0 Å². The number of hydrogen-bond donors (Lipinski definition) is 0. The Morgan fingerprint density at radius 1 is 0.778 bits per heavy atom. The van der Waals surface area contributed by atoms with Crippen LogP contribution in [0.2, 0.25) is 0 Å². The number of para-hydroxylation sites is 1. The van der Waals surface area contributed by atoms with Gasteiger partial charge in [-0.3, -0.25) is 0 Å². The van der Waals surface area contributed by atoms with Crippen molar-refractivity contribution in [3.8, 4) is 45.2 Å². The van der Waals surface area contributed by atoms with E-state index in [1.807, 2.05) is 41.9 Å². The van der Waals surface area contributed by atoms with E-state index in [2.05, 4.69) is 36.4 Å². The molecular weight excluding hydrogens is 450 g/mol. The Bertz CT molecular complexity index is 1580. The number of aromatic nitrogens is 3. The summed E-state index contributed by atoms with van der Waals surface area (Å²) in [5.41, 5.74) is 9.56. The van der Waals surface area contributed by atoms with E-state index in [9.17, 15) is 0 Å². The summed E-state index contributed by atoms with van der Waals surface area (Å²) >= 11 is 0. The maximum Gasteiger partial charge on any atom is 0.203 e. The summed E-state index contributed by atoms with van der Waals surface area (Å²) < 4.78 is 19.0. The Kier molecular flexibility index (Phi) is 5.37. The summed E-state index contributed by atoms with van der Waals surface area (Å²) in [5.74, 6) is 1.80. The number of methoxy groups -OCH3 is 3. The van der Waals surface area contributed by atoms with Gasteiger partial charge in [0.15, 0.2) is 17.1 Å². The van der Waals surface area contributed by atoms with Crippen molar-refractivity contribution >= 4 is 11.0 Å². The summed E-state index contributed by atoms with van der Waals surface area (Å²) in [5, 5.41) is 5.98. The highest BCUT2D eigenvalue weighted by Gasteiger charge is 2.28. The molecule has 0 radical (unpaired) electrons. The van der Waals surface area contributed by atoms with Crippen molar-refractivity contribution in [1.82, 2.24) is 14.8 Å². The summed E-state index contributed by atoms with van der Waals surface area (Å²) in [4.78, 5) is 5.23. The number of fused-ring (bicyclic) bond motifs is 4. The van der Waals surface area contributed by atoms with Gasteiger partial charge in [0.1, 0.15) is 0 Å². The Labute approximate surface area is 210 Å². The first kappa shape index (κ1) is 22.2. The third-order valence-electron chi connectivity index (χ3n) is 6.94. The molecule has 0 atom stereocenters. The fourth-order valence-corrected chi connectivity index (χ4v) is 5.33. The molecule has 3 aromatic carbocycles. The van der Waals surface area contributed by atoms with Crippen molar-refractivity contribution < 1.29 is 14.2 Å². The van der Waals surface area contributed by atoms with Gasteiger partial charge in [-0.25, -0.2) is 9.67 Å². The van der Waals surface area contributed by atoms with Crippen molar-refractivity contribution in [3.63, 3.8) is 0 Å². The van der Waals surface area contributed by atoms with E-state index in [4.69, 9.17) is 24.3 Å². The van der Waals surface area contributed by atoms with E-state index in [-0.39, 0.29) is 0 Å². The van der Waals surface area contributed by atoms with Crippen LogP contribution in [-0.2, 0) is 12.8 Å². The SMILES string of the molecule is COc1cc(-c2c3c(nc4c2c(C)nn4-c2ccccc2)CCc2ccccc2-3)cc(OC)c1OC. The van der Waals surface area contributed by atoms with E-state index in [1.165, 1.54) is 11.1 Å². The monoisotopic (exact) mass is 477 g/mol. The van der Waals surface area contributed by atoms with Crippen LogP contribution in [0.3, 0.4) is 0 Å². The number of nitrogens with zero attached hydrogens (tertiary/aromatic N) is 3. The molecule has 180 valence electrons. The first-order chi connectivity index (χ1) is 17.6. The van der Waals surface area contributed by atoms with Gasteiger partial charge in [-0.15, -0.1) is 0 Å². The minimum absolute atomic E-state index is 0.569. The van der Waals surface area contributed by atoms with Crippen LogP contribution in [0.15, 0.2) is 66.7 Å². The lowest BCUT2D eigenvalue weighted by Gasteiger charge is -2.24. The van der Waals surface area contributed by atoms with Gasteiger partial charge in [0.25, 0.3) is 0 Å². The first-order valence-corrected chi connectivity index (χ1v) is 12.0. The van der Waals surface area contributed by atoms with Crippen LogP contribution in [-0.4, -0.2) is 36.1 Å². The molecule has 0 aliphatic heterocycles. The molecule has 0 amide bonds. The molecule has 0 saturated carbocycles.